The first-order chi connectivity index (χ1) is 10.6. The van der Waals surface area contributed by atoms with E-state index >= 15 is 0 Å². The van der Waals surface area contributed by atoms with E-state index in [-0.39, 0.29) is 0 Å². The predicted octanol–water partition coefficient (Wildman–Crippen LogP) is 3.02. The zero-order valence-corrected chi connectivity index (χ0v) is 14.0. The van der Waals surface area contributed by atoms with E-state index in [1.54, 1.807) is 31.6 Å². The molecule has 2 unspecified atom stereocenters. The van der Waals surface area contributed by atoms with Crippen LogP contribution in [0.1, 0.15) is 24.2 Å². The van der Waals surface area contributed by atoms with Crippen LogP contribution in [0.3, 0.4) is 0 Å². The van der Waals surface area contributed by atoms with E-state index in [1.807, 2.05) is 12.1 Å². The van der Waals surface area contributed by atoms with Crippen LogP contribution in [0, 0.1) is 0 Å². The third kappa shape index (κ3) is 4.73. The highest BCUT2D eigenvalue weighted by Gasteiger charge is 2.12. The average molecular weight is 321 g/mol. The molecule has 0 saturated carbocycles. The molecule has 0 aliphatic carbocycles. The molecule has 22 heavy (non-hydrogen) atoms. The molecule has 2 atom stereocenters. The lowest BCUT2D eigenvalue weighted by atomic mass is 10.1. The van der Waals surface area contributed by atoms with Gasteiger partial charge in [-0.25, -0.2) is 0 Å². The maximum Gasteiger partial charge on any atom is 0.122 e. The Bertz CT molecular complexity index is 549. The Labute approximate surface area is 135 Å². The second-order valence-electron chi connectivity index (χ2n) is 5.31. The van der Waals surface area contributed by atoms with Gasteiger partial charge in [-0.05, 0) is 53.4 Å². The quantitative estimate of drug-likeness (QED) is 0.785. The largest absolute Gasteiger partial charge is 0.497 e. The second-order valence-corrected chi connectivity index (χ2v) is 6.09. The second kappa shape index (κ2) is 8.17. The lowest BCUT2D eigenvalue weighted by molar-refractivity contribution is 0.170. The van der Waals surface area contributed by atoms with Gasteiger partial charge in [-0.2, -0.15) is 11.3 Å². The van der Waals surface area contributed by atoms with Crippen molar-refractivity contribution in [3.63, 3.8) is 0 Å². The summed E-state index contributed by atoms with van der Waals surface area (Å²) in [7, 11) is 3.21. The number of aliphatic hydroxyl groups excluding tert-OH is 1. The summed E-state index contributed by atoms with van der Waals surface area (Å²) in [6.07, 6.45) is 0.353. The number of nitrogens with one attached hydrogen (secondary N) is 1. The Morgan fingerprint density at radius 3 is 2.41 bits per heavy atom. The number of benzene rings is 1. The molecular weight excluding hydrogens is 298 g/mol. The van der Waals surface area contributed by atoms with Gasteiger partial charge >= 0.3 is 0 Å². The topological polar surface area (TPSA) is 50.7 Å². The number of methoxy groups -OCH3 is 2. The van der Waals surface area contributed by atoms with Gasteiger partial charge in [0.15, 0.2) is 0 Å². The molecule has 120 valence electrons. The number of ether oxygens (including phenoxy) is 2. The van der Waals surface area contributed by atoms with Crippen LogP contribution in [0.2, 0.25) is 0 Å². The van der Waals surface area contributed by atoms with Crippen LogP contribution in [0.4, 0.5) is 0 Å². The predicted molar refractivity (Wildman–Crippen MR) is 90.0 cm³/mol. The summed E-state index contributed by atoms with van der Waals surface area (Å²) in [4.78, 5) is 0. The summed E-state index contributed by atoms with van der Waals surface area (Å²) in [6, 6.07) is 7.89. The van der Waals surface area contributed by atoms with Crippen LogP contribution in [0.5, 0.6) is 11.5 Å². The van der Waals surface area contributed by atoms with Gasteiger partial charge in [0.1, 0.15) is 11.5 Å². The monoisotopic (exact) mass is 321 g/mol. The minimum Gasteiger partial charge on any atom is -0.497 e. The molecule has 0 amide bonds. The third-order valence-corrected chi connectivity index (χ3v) is 4.27. The van der Waals surface area contributed by atoms with Crippen molar-refractivity contribution in [1.29, 1.82) is 0 Å². The third-order valence-electron chi connectivity index (χ3n) is 3.54. The summed E-state index contributed by atoms with van der Waals surface area (Å²) in [5, 5.41) is 18.0. The highest BCUT2D eigenvalue weighted by Crippen LogP contribution is 2.26. The van der Waals surface area contributed by atoms with Crippen molar-refractivity contribution in [3.8, 4) is 11.5 Å². The maximum atomic E-state index is 10.4. The molecule has 0 fully saturated rings. The number of aliphatic hydroxyl groups is 1. The van der Waals surface area contributed by atoms with Gasteiger partial charge in [-0.1, -0.05) is 0 Å². The molecule has 2 N–H and O–H groups in total. The maximum absolute atomic E-state index is 10.4. The number of hydrogen-bond donors (Lipinski definition) is 2. The molecule has 4 nitrogen and oxygen atoms in total. The molecule has 2 aromatic rings. The van der Waals surface area contributed by atoms with Crippen LogP contribution >= 0.6 is 11.3 Å². The lowest BCUT2D eigenvalue weighted by Crippen LogP contribution is -2.31. The van der Waals surface area contributed by atoms with E-state index in [9.17, 15) is 5.11 Å². The molecule has 1 heterocycles. The first-order valence-electron chi connectivity index (χ1n) is 7.28. The first kappa shape index (κ1) is 16.8. The molecule has 1 aromatic carbocycles. The summed E-state index contributed by atoms with van der Waals surface area (Å²) in [5.74, 6) is 1.36. The minimum atomic E-state index is -0.603. The molecule has 0 radical (unpaired) electrons. The number of hydrogen-bond acceptors (Lipinski definition) is 5. The van der Waals surface area contributed by atoms with E-state index in [4.69, 9.17) is 9.47 Å². The van der Waals surface area contributed by atoms with Gasteiger partial charge in [-0.3, -0.25) is 0 Å². The van der Waals surface area contributed by atoms with Gasteiger partial charge < -0.3 is 19.9 Å². The lowest BCUT2D eigenvalue weighted by Gasteiger charge is -2.18. The zero-order chi connectivity index (χ0) is 15.9. The normalized spacial score (nSPS) is 13.6. The molecule has 0 bridgehead atoms. The van der Waals surface area contributed by atoms with Gasteiger partial charge in [0, 0.05) is 18.7 Å². The first-order valence-corrected chi connectivity index (χ1v) is 8.22. The summed E-state index contributed by atoms with van der Waals surface area (Å²) in [5.41, 5.74) is 2.11. The average Bonchev–Trinajstić information content (AvgIpc) is 3.04. The van der Waals surface area contributed by atoms with Crippen molar-refractivity contribution in [2.45, 2.75) is 25.5 Å². The fourth-order valence-electron chi connectivity index (χ4n) is 2.29. The highest BCUT2D eigenvalue weighted by atomic mass is 32.1. The molecule has 0 aliphatic heterocycles. The van der Waals surface area contributed by atoms with Crippen LogP contribution in [0.25, 0.3) is 0 Å². The van der Waals surface area contributed by atoms with Crippen molar-refractivity contribution in [3.05, 3.63) is 46.2 Å². The van der Waals surface area contributed by atoms with Crippen molar-refractivity contribution in [2.75, 3.05) is 20.8 Å². The summed E-state index contributed by atoms with van der Waals surface area (Å²) in [6.45, 7) is 2.61. The SMILES string of the molecule is COc1cc(OC)cc(C(O)CNC(C)Cc2ccsc2)c1. The van der Waals surface area contributed by atoms with Crippen LogP contribution < -0.4 is 14.8 Å². The molecule has 2 rings (SSSR count). The molecule has 1 aromatic heterocycles. The molecule has 5 heteroatoms. The number of thiophene rings is 1. The Morgan fingerprint density at radius 1 is 1.18 bits per heavy atom. The number of rotatable bonds is 8. The van der Waals surface area contributed by atoms with Crippen LogP contribution in [-0.2, 0) is 6.42 Å². The van der Waals surface area contributed by atoms with Crippen LogP contribution in [0.15, 0.2) is 35.0 Å². The Balaban J connectivity index is 1.92. The van der Waals surface area contributed by atoms with Gasteiger partial charge in [0.2, 0.25) is 0 Å². The van der Waals surface area contributed by atoms with Crippen molar-refractivity contribution in [2.24, 2.45) is 0 Å². The smallest absolute Gasteiger partial charge is 0.122 e. The molecule has 0 saturated heterocycles. The Hall–Kier alpha value is -1.56. The van der Waals surface area contributed by atoms with Crippen molar-refractivity contribution < 1.29 is 14.6 Å². The van der Waals surface area contributed by atoms with Crippen molar-refractivity contribution >= 4 is 11.3 Å². The molecule has 0 aliphatic rings. The van der Waals surface area contributed by atoms with Gasteiger partial charge in [-0.15, -0.1) is 0 Å². The summed E-state index contributed by atoms with van der Waals surface area (Å²) < 4.78 is 10.5. The minimum absolute atomic E-state index is 0.303. The summed E-state index contributed by atoms with van der Waals surface area (Å²) >= 11 is 1.71. The standard InChI is InChI=1S/C17H23NO3S/c1-12(6-13-4-5-22-11-13)18-10-17(19)14-7-15(20-2)9-16(8-14)21-3/h4-5,7-9,11-12,17-19H,6,10H2,1-3H3. The Morgan fingerprint density at radius 2 is 1.86 bits per heavy atom. The highest BCUT2D eigenvalue weighted by molar-refractivity contribution is 7.07. The van der Waals surface area contributed by atoms with E-state index < -0.39 is 6.10 Å². The van der Waals surface area contributed by atoms with Gasteiger partial charge in [0.25, 0.3) is 0 Å². The van der Waals surface area contributed by atoms with Gasteiger partial charge in [0.05, 0.1) is 20.3 Å². The van der Waals surface area contributed by atoms with Crippen LogP contribution in [-0.4, -0.2) is 31.9 Å². The zero-order valence-electron chi connectivity index (χ0n) is 13.2. The molecule has 0 spiro atoms. The fraction of sp³-hybridized carbons (Fsp3) is 0.412. The van der Waals surface area contributed by atoms with E-state index in [0.717, 1.165) is 12.0 Å². The molecular formula is C17H23NO3S. The van der Waals surface area contributed by atoms with E-state index in [0.29, 0.717) is 24.1 Å². The fourth-order valence-corrected chi connectivity index (χ4v) is 2.97. The van der Waals surface area contributed by atoms with E-state index in [2.05, 4.69) is 29.1 Å². The van der Waals surface area contributed by atoms with E-state index in [1.165, 1.54) is 5.56 Å². The Kier molecular flexibility index (Phi) is 6.24. The van der Waals surface area contributed by atoms with Crippen molar-refractivity contribution in [1.82, 2.24) is 5.32 Å².